The first-order valence-electron chi connectivity index (χ1n) is 5.25. The number of anilines is 1. The summed E-state index contributed by atoms with van der Waals surface area (Å²) in [5.74, 6) is 0.186. The van der Waals surface area contributed by atoms with Gasteiger partial charge in [-0.25, -0.2) is 4.39 Å². The molecule has 1 heterocycles. The van der Waals surface area contributed by atoms with Gasteiger partial charge in [0.05, 0.1) is 5.69 Å². The van der Waals surface area contributed by atoms with Gasteiger partial charge in [-0.15, -0.1) is 11.6 Å². The molecular weight excluding hydrogens is 229 g/mol. The van der Waals surface area contributed by atoms with Gasteiger partial charge in [0.25, 0.3) is 0 Å². The van der Waals surface area contributed by atoms with Crippen molar-refractivity contribution in [2.45, 2.75) is 13.3 Å². The topological polar surface area (TPSA) is 20.3 Å². The van der Waals surface area contributed by atoms with E-state index in [0.717, 1.165) is 5.56 Å². The number of carbonyl (C=O) groups is 1. The second kappa shape index (κ2) is 4.42. The average Bonchev–Trinajstić information content (AvgIpc) is 2.60. The van der Waals surface area contributed by atoms with Gasteiger partial charge in [0.1, 0.15) is 5.82 Å². The highest BCUT2D eigenvalue weighted by atomic mass is 35.5. The van der Waals surface area contributed by atoms with E-state index < -0.39 is 0 Å². The molecule has 16 heavy (non-hydrogen) atoms. The molecule has 0 radical (unpaired) electrons. The standard InChI is InChI=1S/C12H13ClFNO/c1-8-3-2-4-10(14)12(8)15-7-9(6-13)5-11(15)16/h2-4,9H,5-7H2,1H3. The Morgan fingerprint density at radius 2 is 2.31 bits per heavy atom. The number of aryl methyl sites for hydroxylation is 1. The molecule has 1 atom stereocenters. The first-order valence-corrected chi connectivity index (χ1v) is 5.78. The lowest BCUT2D eigenvalue weighted by Gasteiger charge is -2.19. The van der Waals surface area contributed by atoms with Gasteiger partial charge in [0.15, 0.2) is 0 Å². The van der Waals surface area contributed by atoms with Gasteiger partial charge in [-0.3, -0.25) is 4.79 Å². The highest BCUT2D eigenvalue weighted by Gasteiger charge is 2.32. The van der Waals surface area contributed by atoms with Crippen molar-refractivity contribution >= 4 is 23.2 Å². The minimum absolute atomic E-state index is 0.0427. The lowest BCUT2D eigenvalue weighted by molar-refractivity contribution is -0.117. The molecule has 86 valence electrons. The lowest BCUT2D eigenvalue weighted by Crippen LogP contribution is -2.26. The van der Waals surface area contributed by atoms with Gasteiger partial charge in [-0.05, 0) is 24.5 Å². The molecule has 0 bridgehead atoms. The average molecular weight is 242 g/mol. The summed E-state index contributed by atoms with van der Waals surface area (Å²) in [6.45, 7) is 2.32. The smallest absolute Gasteiger partial charge is 0.227 e. The van der Waals surface area contributed by atoms with E-state index >= 15 is 0 Å². The Hall–Kier alpha value is -1.09. The van der Waals surface area contributed by atoms with Crippen molar-refractivity contribution in [2.24, 2.45) is 5.92 Å². The number of halogens is 2. The van der Waals surface area contributed by atoms with Gasteiger partial charge < -0.3 is 4.90 Å². The normalized spacial score (nSPS) is 20.6. The Bertz CT molecular complexity index is 401. The summed E-state index contributed by atoms with van der Waals surface area (Å²) in [4.78, 5) is 13.3. The van der Waals surface area contributed by atoms with E-state index in [4.69, 9.17) is 11.6 Å². The molecule has 1 amide bonds. The van der Waals surface area contributed by atoms with Crippen molar-refractivity contribution < 1.29 is 9.18 Å². The van der Waals surface area contributed by atoms with Crippen LogP contribution in [0.3, 0.4) is 0 Å². The lowest BCUT2D eigenvalue weighted by atomic mass is 10.1. The molecule has 0 aromatic heterocycles. The van der Waals surface area contributed by atoms with E-state index in [2.05, 4.69) is 0 Å². The fourth-order valence-corrected chi connectivity index (χ4v) is 2.27. The first kappa shape index (κ1) is 11.4. The summed E-state index contributed by atoms with van der Waals surface area (Å²) < 4.78 is 13.7. The Morgan fingerprint density at radius 3 is 2.88 bits per heavy atom. The number of carbonyl (C=O) groups excluding carboxylic acids is 1. The Balaban J connectivity index is 2.35. The van der Waals surface area contributed by atoms with Gasteiger partial charge >= 0.3 is 0 Å². The number of amides is 1. The minimum atomic E-state index is -0.344. The second-order valence-electron chi connectivity index (χ2n) is 4.13. The summed E-state index contributed by atoms with van der Waals surface area (Å²) >= 11 is 5.73. The number of para-hydroxylation sites is 1. The second-order valence-corrected chi connectivity index (χ2v) is 4.44. The third-order valence-electron chi connectivity index (χ3n) is 2.88. The van der Waals surface area contributed by atoms with Gasteiger partial charge in [-0.2, -0.15) is 0 Å². The molecule has 0 N–H and O–H groups in total. The predicted molar refractivity (Wildman–Crippen MR) is 62.3 cm³/mol. The number of alkyl halides is 1. The van der Waals surface area contributed by atoms with Crippen molar-refractivity contribution in [3.8, 4) is 0 Å². The van der Waals surface area contributed by atoms with Crippen LogP contribution in [0.2, 0.25) is 0 Å². The van der Waals surface area contributed by atoms with Crippen LogP contribution in [-0.2, 0) is 4.79 Å². The van der Waals surface area contributed by atoms with E-state index in [1.807, 2.05) is 0 Å². The third kappa shape index (κ3) is 1.92. The minimum Gasteiger partial charge on any atom is -0.309 e. The van der Waals surface area contributed by atoms with Crippen LogP contribution in [0, 0.1) is 18.7 Å². The molecule has 0 aliphatic carbocycles. The maximum absolute atomic E-state index is 13.7. The van der Waals surface area contributed by atoms with E-state index in [9.17, 15) is 9.18 Å². The van der Waals surface area contributed by atoms with Crippen molar-refractivity contribution in [3.63, 3.8) is 0 Å². The van der Waals surface area contributed by atoms with E-state index in [1.165, 1.54) is 11.0 Å². The maximum Gasteiger partial charge on any atom is 0.227 e. The SMILES string of the molecule is Cc1cccc(F)c1N1CC(CCl)CC1=O. The quantitative estimate of drug-likeness (QED) is 0.729. The molecule has 1 aliphatic heterocycles. The van der Waals surface area contributed by atoms with Crippen LogP contribution in [-0.4, -0.2) is 18.3 Å². The van der Waals surface area contributed by atoms with Crippen molar-refractivity contribution in [1.29, 1.82) is 0 Å². The molecule has 1 unspecified atom stereocenters. The van der Waals surface area contributed by atoms with Crippen LogP contribution in [0.5, 0.6) is 0 Å². The van der Waals surface area contributed by atoms with Crippen molar-refractivity contribution in [1.82, 2.24) is 0 Å². The highest BCUT2D eigenvalue weighted by Crippen LogP contribution is 2.30. The first-order chi connectivity index (χ1) is 7.63. The Morgan fingerprint density at radius 1 is 1.56 bits per heavy atom. The molecule has 2 nitrogen and oxygen atoms in total. The zero-order valence-corrected chi connectivity index (χ0v) is 9.80. The summed E-state index contributed by atoms with van der Waals surface area (Å²) in [5.41, 5.74) is 1.18. The molecule has 0 spiro atoms. The number of hydrogen-bond donors (Lipinski definition) is 0. The fraction of sp³-hybridized carbons (Fsp3) is 0.417. The van der Waals surface area contributed by atoms with E-state index in [-0.39, 0.29) is 17.6 Å². The molecule has 2 rings (SSSR count). The van der Waals surface area contributed by atoms with E-state index in [1.54, 1.807) is 19.1 Å². The molecule has 0 saturated carbocycles. The largest absolute Gasteiger partial charge is 0.309 e. The van der Waals surface area contributed by atoms with Gasteiger partial charge in [0.2, 0.25) is 5.91 Å². The molecule has 4 heteroatoms. The third-order valence-corrected chi connectivity index (χ3v) is 3.32. The van der Waals surface area contributed by atoms with Crippen molar-refractivity contribution in [3.05, 3.63) is 29.6 Å². The number of nitrogens with zero attached hydrogens (tertiary/aromatic N) is 1. The Labute approximate surface area is 99.0 Å². The molecule has 1 aliphatic rings. The van der Waals surface area contributed by atoms with Gasteiger partial charge in [0, 0.05) is 18.8 Å². The summed E-state index contributed by atoms with van der Waals surface area (Å²) in [5, 5.41) is 0. The van der Waals surface area contributed by atoms with Crippen LogP contribution in [0.1, 0.15) is 12.0 Å². The maximum atomic E-state index is 13.7. The predicted octanol–water partition coefficient (Wildman–Crippen LogP) is 2.73. The summed E-state index contributed by atoms with van der Waals surface area (Å²) in [6.07, 6.45) is 0.414. The number of hydrogen-bond acceptors (Lipinski definition) is 1. The molecule has 1 aromatic rings. The monoisotopic (exact) mass is 241 g/mol. The van der Waals surface area contributed by atoms with Crippen LogP contribution in [0.15, 0.2) is 18.2 Å². The van der Waals surface area contributed by atoms with Crippen molar-refractivity contribution in [2.75, 3.05) is 17.3 Å². The summed E-state index contributed by atoms with van der Waals surface area (Å²) in [7, 11) is 0. The van der Waals surface area contributed by atoms with E-state index in [0.29, 0.717) is 24.5 Å². The number of rotatable bonds is 2. The number of benzene rings is 1. The zero-order valence-electron chi connectivity index (χ0n) is 9.04. The highest BCUT2D eigenvalue weighted by molar-refractivity contribution is 6.18. The van der Waals surface area contributed by atoms with Crippen LogP contribution >= 0.6 is 11.6 Å². The van der Waals surface area contributed by atoms with Crippen LogP contribution in [0.25, 0.3) is 0 Å². The molecular formula is C12H13ClFNO. The van der Waals surface area contributed by atoms with Crippen LogP contribution < -0.4 is 4.90 Å². The summed E-state index contributed by atoms with van der Waals surface area (Å²) in [6, 6.07) is 4.83. The molecule has 1 aromatic carbocycles. The van der Waals surface area contributed by atoms with Gasteiger partial charge in [-0.1, -0.05) is 12.1 Å². The fourth-order valence-electron chi connectivity index (χ4n) is 2.07. The van der Waals surface area contributed by atoms with Crippen LogP contribution in [0.4, 0.5) is 10.1 Å². The zero-order chi connectivity index (χ0) is 11.7. The molecule has 1 fully saturated rings. The molecule has 1 saturated heterocycles. The Kier molecular flexibility index (Phi) is 3.15.